The van der Waals surface area contributed by atoms with E-state index in [4.69, 9.17) is 0 Å². The maximum Gasteiger partial charge on any atom is 0.309 e. The standard InChI is InChI=1S/C13H26N2O4S/c1-10(2)14(5)20(18,19)15-8-6-7-11(9-15)13(3,4)12(16)17/h10-11H,6-9H2,1-5H3,(H,16,17). The summed E-state index contributed by atoms with van der Waals surface area (Å²) in [6.45, 7) is 7.72. The number of carbonyl (C=O) groups is 1. The highest BCUT2D eigenvalue weighted by molar-refractivity contribution is 7.86. The van der Waals surface area contributed by atoms with Crippen molar-refractivity contribution in [3.8, 4) is 0 Å². The molecule has 6 nitrogen and oxygen atoms in total. The van der Waals surface area contributed by atoms with Crippen LogP contribution >= 0.6 is 0 Å². The molecule has 0 saturated carbocycles. The fourth-order valence-corrected chi connectivity index (χ4v) is 3.99. The number of rotatable bonds is 5. The number of carboxylic acid groups (broad SMARTS) is 1. The zero-order valence-corrected chi connectivity index (χ0v) is 13.8. The molecular weight excluding hydrogens is 280 g/mol. The normalized spacial score (nSPS) is 22.4. The van der Waals surface area contributed by atoms with Gasteiger partial charge in [0.2, 0.25) is 0 Å². The van der Waals surface area contributed by atoms with E-state index in [0.29, 0.717) is 13.0 Å². The number of hydrogen-bond acceptors (Lipinski definition) is 3. The first kappa shape index (κ1) is 17.4. The van der Waals surface area contributed by atoms with Crippen molar-refractivity contribution in [1.82, 2.24) is 8.61 Å². The van der Waals surface area contributed by atoms with Gasteiger partial charge in [-0.1, -0.05) is 0 Å². The van der Waals surface area contributed by atoms with Crippen LogP contribution in [0.3, 0.4) is 0 Å². The molecule has 0 radical (unpaired) electrons. The predicted molar refractivity (Wildman–Crippen MR) is 77.5 cm³/mol. The molecule has 1 aliphatic rings. The van der Waals surface area contributed by atoms with E-state index in [9.17, 15) is 18.3 Å². The molecule has 20 heavy (non-hydrogen) atoms. The molecule has 0 amide bonds. The minimum Gasteiger partial charge on any atom is -0.481 e. The summed E-state index contributed by atoms with van der Waals surface area (Å²) >= 11 is 0. The summed E-state index contributed by atoms with van der Waals surface area (Å²) in [6, 6.07) is -0.118. The Kier molecular flexibility index (Phi) is 5.21. The summed E-state index contributed by atoms with van der Waals surface area (Å²) < 4.78 is 27.7. The third kappa shape index (κ3) is 3.32. The van der Waals surface area contributed by atoms with Gasteiger partial charge in [-0.15, -0.1) is 0 Å². The lowest BCUT2D eigenvalue weighted by Crippen LogP contribution is -2.51. The summed E-state index contributed by atoms with van der Waals surface area (Å²) in [5.74, 6) is -1.04. The summed E-state index contributed by atoms with van der Waals surface area (Å²) in [5.41, 5.74) is -0.912. The van der Waals surface area contributed by atoms with Crippen molar-refractivity contribution >= 4 is 16.2 Å². The van der Waals surface area contributed by atoms with E-state index in [-0.39, 0.29) is 18.5 Å². The van der Waals surface area contributed by atoms with E-state index in [1.807, 2.05) is 13.8 Å². The average molecular weight is 306 g/mol. The Hall–Kier alpha value is -0.660. The van der Waals surface area contributed by atoms with Gasteiger partial charge in [0, 0.05) is 26.2 Å². The minimum atomic E-state index is -3.51. The second-order valence-corrected chi connectivity index (χ2v) is 8.33. The molecule has 0 spiro atoms. The Morgan fingerprint density at radius 2 is 1.95 bits per heavy atom. The van der Waals surface area contributed by atoms with Gasteiger partial charge in [0.05, 0.1) is 5.41 Å². The molecule has 0 aliphatic carbocycles. The molecule has 1 saturated heterocycles. The second kappa shape index (κ2) is 5.99. The van der Waals surface area contributed by atoms with Crippen LogP contribution in [0.1, 0.15) is 40.5 Å². The SMILES string of the molecule is CC(C)N(C)S(=O)(=O)N1CCCC(C(C)(C)C(=O)O)C1. The van der Waals surface area contributed by atoms with Crippen molar-refractivity contribution in [2.24, 2.45) is 11.3 Å². The van der Waals surface area contributed by atoms with Gasteiger partial charge in [-0.3, -0.25) is 4.79 Å². The first-order valence-corrected chi connectivity index (χ1v) is 8.37. The fraction of sp³-hybridized carbons (Fsp3) is 0.923. The maximum absolute atomic E-state index is 12.5. The van der Waals surface area contributed by atoms with Crippen LogP contribution in [0.15, 0.2) is 0 Å². The molecule has 0 aromatic rings. The van der Waals surface area contributed by atoms with Gasteiger partial charge >= 0.3 is 5.97 Å². The van der Waals surface area contributed by atoms with Crippen molar-refractivity contribution in [3.63, 3.8) is 0 Å². The molecule has 0 bridgehead atoms. The molecule has 1 aliphatic heterocycles. The minimum absolute atomic E-state index is 0.118. The Morgan fingerprint density at radius 3 is 2.40 bits per heavy atom. The first-order valence-electron chi connectivity index (χ1n) is 6.97. The molecule has 1 rings (SSSR count). The highest BCUT2D eigenvalue weighted by Gasteiger charge is 2.42. The fourth-order valence-electron chi connectivity index (χ4n) is 2.36. The number of hydrogen-bond donors (Lipinski definition) is 1. The smallest absolute Gasteiger partial charge is 0.309 e. The Morgan fingerprint density at radius 1 is 1.40 bits per heavy atom. The first-order chi connectivity index (χ1) is 9.01. The average Bonchev–Trinajstić information content (AvgIpc) is 2.37. The van der Waals surface area contributed by atoms with Crippen LogP contribution in [0.4, 0.5) is 0 Å². The largest absolute Gasteiger partial charge is 0.481 e. The highest BCUT2D eigenvalue weighted by Crippen LogP contribution is 2.35. The molecule has 1 unspecified atom stereocenters. The number of carboxylic acids is 1. The number of aliphatic carboxylic acids is 1. The monoisotopic (exact) mass is 306 g/mol. The molecule has 7 heteroatoms. The van der Waals surface area contributed by atoms with Crippen molar-refractivity contribution in [1.29, 1.82) is 0 Å². The molecule has 118 valence electrons. The summed E-state index contributed by atoms with van der Waals surface area (Å²) in [6.07, 6.45) is 1.45. The molecule has 1 fully saturated rings. The third-order valence-corrected chi connectivity index (χ3v) is 6.51. The lowest BCUT2D eigenvalue weighted by molar-refractivity contribution is -0.151. The van der Waals surface area contributed by atoms with Gasteiger partial charge in [-0.25, -0.2) is 0 Å². The molecular formula is C13H26N2O4S. The van der Waals surface area contributed by atoms with Crippen LogP contribution in [-0.4, -0.2) is 54.3 Å². The topological polar surface area (TPSA) is 77.9 Å². The van der Waals surface area contributed by atoms with E-state index in [0.717, 1.165) is 6.42 Å². The van der Waals surface area contributed by atoms with Crippen molar-refractivity contribution < 1.29 is 18.3 Å². The Bertz CT molecular complexity index is 459. The van der Waals surface area contributed by atoms with Gasteiger partial charge in [0.15, 0.2) is 0 Å². The zero-order chi connectivity index (χ0) is 15.7. The van der Waals surface area contributed by atoms with E-state index in [2.05, 4.69) is 0 Å². The maximum atomic E-state index is 12.5. The second-order valence-electron chi connectivity index (χ2n) is 6.34. The summed E-state index contributed by atoms with van der Waals surface area (Å²) in [7, 11) is -1.94. The molecule has 0 aromatic carbocycles. The van der Waals surface area contributed by atoms with Crippen molar-refractivity contribution in [2.45, 2.75) is 46.6 Å². The van der Waals surface area contributed by atoms with Gasteiger partial charge in [0.25, 0.3) is 10.2 Å². The van der Waals surface area contributed by atoms with Gasteiger partial charge in [0.1, 0.15) is 0 Å². The Balaban J connectivity index is 2.93. The molecule has 1 heterocycles. The number of piperidine rings is 1. The lowest BCUT2D eigenvalue weighted by Gasteiger charge is -2.40. The zero-order valence-electron chi connectivity index (χ0n) is 13.0. The summed E-state index contributed by atoms with van der Waals surface area (Å²) in [4.78, 5) is 11.3. The van der Waals surface area contributed by atoms with Crippen LogP contribution in [0.2, 0.25) is 0 Å². The van der Waals surface area contributed by atoms with E-state index >= 15 is 0 Å². The van der Waals surface area contributed by atoms with Crippen LogP contribution in [-0.2, 0) is 15.0 Å². The molecule has 1 atom stereocenters. The third-order valence-electron chi connectivity index (χ3n) is 4.37. The van der Waals surface area contributed by atoms with Crippen molar-refractivity contribution in [2.75, 3.05) is 20.1 Å². The quantitative estimate of drug-likeness (QED) is 0.832. The number of nitrogens with zero attached hydrogens (tertiary/aromatic N) is 2. The van der Waals surface area contributed by atoms with Crippen LogP contribution in [0.5, 0.6) is 0 Å². The van der Waals surface area contributed by atoms with E-state index in [1.54, 1.807) is 20.9 Å². The predicted octanol–water partition coefficient (Wildman–Crippen LogP) is 1.39. The van der Waals surface area contributed by atoms with Gasteiger partial charge < -0.3 is 5.11 Å². The van der Waals surface area contributed by atoms with Crippen LogP contribution in [0, 0.1) is 11.3 Å². The van der Waals surface area contributed by atoms with Crippen LogP contribution in [0.25, 0.3) is 0 Å². The van der Waals surface area contributed by atoms with Gasteiger partial charge in [-0.2, -0.15) is 17.0 Å². The van der Waals surface area contributed by atoms with Crippen molar-refractivity contribution in [3.05, 3.63) is 0 Å². The highest BCUT2D eigenvalue weighted by atomic mass is 32.2. The molecule has 0 aromatic heterocycles. The summed E-state index contributed by atoms with van der Waals surface area (Å²) in [5, 5.41) is 9.30. The van der Waals surface area contributed by atoms with E-state index < -0.39 is 21.6 Å². The van der Waals surface area contributed by atoms with Gasteiger partial charge in [-0.05, 0) is 46.5 Å². The Labute approximate surface area is 121 Å². The molecule has 1 N–H and O–H groups in total. The van der Waals surface area contributed by atoms with Crippen LogP contribution < -0.4 is 0 Å². The van der Waals surface area contributed by atoms with E-state index in [1.165, 1.54) is 8.61 Å². The lowest BCUT2D eigenvalue weighted by atomic mass is 9.75.